The smallest absolute Gasteiger partial charge is 0.338 e. The SMILES string of the molecule is CCOC(=O)C1=C(C)N=c2s/c(=C\c3cccn3C)c(=O)n2C1c1ccc(C)cc1. The zero-order chi connectivity index (χ0) is 21.4. The van der Waals surface area contributed by atoms with Gasteiger partial charge < -0.3 is 9.30 Å². The first-order valence-corrected chi connectivity index (χ1v) is 10.6. The molecule has 1 atom stereocenters. The molecule has 0 bridgehead atoms. The molecular formula is C23H23N3O3S. The molecule has 0 radical (unpaired) electrons. The molecule has 0 N–H and O–H groups in total. The number of nitrogens with zero attached hydrogens (tertiary/aromatic N) is 3. The van der Waals surface area contributed by atoms with Gasteiger partial charge in [0.25, 0.3) is 5.56 Å². The van der Waals surface area contributed by atoms with Crippen molar-refractivity contribution < 1.29 is 9.53 Å². The molecule has 1 aliphatic heterocycles. The quantitative estimate of drug-likeness (QED) is 0.608. The number of rotatable bonds is 4. The van der Waals surface area contributed by atoms with Crippen molar-refractivity contribution in [2.75, 3.05) is 6.61 Å². The van der Waals surface area contributed by atoms with Crippen LogP contribution in [0.1, 0.15) is 36.7 Å². The third kappa shape index (κ3) is 3.45. The van der Waals surface area contributed by atoms with Crippen LogP contribution in [-0.2, 0) is 16.6 Å². The fourth-order valence-corrected chi connectivity index (χ4v) is 4.65. The predicted octanol–water partition coefficient (Wildman–Crippen LogP) is 2.45. The number of benzene rings is 1. The first-order chi connectivity index (χ1) is 14.4. The minimum Gasteiger partial charge on any atom is -0.463 e. The second-order valence-electron chi connectivity index (χ2n) is 7.26. The Balaban J connectivity index is 1.97. The molecule has 0 saturated heterocycles. The van der Waals surface area contributed by atoms with Crippen molar-refractivity contribution in [2.45, 2.75) is 26.8 Å². The number of carbonyl (C=O) groups is 1. The Bertz CT molecular complexity index is 1320. The molecule has 7 heteroatoms. The van der Waals surface area contributed by atoms with Crippen LogP contribution in [0.4, 0.5) is 0 Å². The highest BCUT2D eigenvalue weighted by Crippen LogP contribution is 2.30. The molecule has 6 nitrogen and oxygen atoms in total. The highest BCUT2D eigenvalue weighted by atomic mass is 32.1. The first kappa shape index (κ1) is 20.1. The fourth-order valence-electron chi connectivity index (χ4n) is 3.61. The van der Waals surface area contributed by atoms with Gasteiger partial charge in [0.2, 0.25) is 0 Å². The van der Waals surface area contributed by atoms with E-state index in [2.05, 4.69) is 4.99 Å². The van der Waals surface area contributed by atoms with E-state index in [1.807, 2.05) is 67.2 Å². The van der Waals surface area contributed by atoms with Gasteiger partial charge >= 0.3 is 5.97 Å². The number of hydrogen-bond acceptors (Lipinski definition) is 5. The molecule has 154 valence electrons. The van der Waals surface area contributed by atoms with E-state index in [9.17, 15) is 9.59 Å². The van der Waals surface area contributed by atoms with E-state index < -0.39 is 12.0 Å². The van der Waals surface area contributed by atoms with Crippen molar-refractivity contribution in [3.8, 4) is 0 Å². The van der Waals surface area contributed by atoms with Crippen molar-refractivity contribution in [2.24, 2.45) is 12.0 Å². The maximum absolute atomic E-state index is 13.4. The van der Waals surface area contributed by atoms with Crippen LogP contribution < -0.4 is 14.9 Å². The summed E-state index contributed by atoms with van der Waals surface area (Å²) in [4.78, 5) is 31.4. The highest BCUT2D eigenvalue weighted by molar-refractivity contribution is 7.07. The standard InChI is InChI=1S/C23H23N3O3S/c1-5-29-22(28)19-15(3)24-23-26(20(19)16-10-8-14(2)9-11-16)21(27)18(30-23)13-17-7-6-12-25(17)4/h6-13,20H,5H2,1-4H3/b18-13-. The Kier molecular flexibility index (Phi) is 5.30. The maximum Gasteiger partial charge on any atom is 0.338 e. The van der Waals surface area contributed by atoms with Gasteiger partial charge in [-0.1, -0.05) is 41.2 Å². The van der Waals surface area contributed by atoms with E-state index in [1.165, 1.54) is 11.3 Å². The third-order valence-corrected chi connectivity index (χ3v) is 6.16. The van der Waals surface area contributed by atoms with E-state index in [0.717, 1.165) is 16.8 Å². The minimum absolute atomic E-state index is 0.167. The zero-order valence-corrected chi connectivity index (χ0v) is 18.2. The van der Waals surface area contributed by atoms with E-state index in [1.54, 1.807) is 18.4 Å². The number of esters is 1. The summed E-state index contributed by atoms with van der Waals surface area (Å²) in [7, 11) is 1.93. The zero-order valence-electron chi connectivity index (χ0n) is 17.4. The Hall–Kier alpha value is -3.19. The van der Waals surface area contributed by atoms with Crippen LogP contribution in [-0.4, -0.2) is 21.7 Å². The normalized spacial score (nSPS) is 16.4. The Labute approximate surface area is 178 Å². The van der Waals surface area contributed by atoms with Gasteiger partial charge in [-0.25, -0.2) is 9.79 Å². The molecular weight excluding hydrogens is 398 g/mol. The summed E-state index contributed by atoms with van der Waals surface area (Å²) in [6, 6.07) is 11.2. The van der Waals surface area contributed by atoms with Crippen molar-refractivity contribution >= 4 is 23.4 Å². The van der Waals surface area contributed by atoms with Gasteiger partial charge in [-0.05, 0) is 44.5 Å². The molecule has 0 saturated carbocycles. The van der Waals surface area contributed by atoms with Crippen molar-refractivity contribution in [3.63, 3.8) is 0 Å². The molecule has 1 unspecified atom stereocenters. The van der Waals surface area contributed by atoms with Crippen molar-refractivity contribution in [1.82, 2.24) is 9.13 Å². The van der Waals surface area contributed by atoms with Crippen LogP contribution in [0.15, 0.2) is 63.7 Å². The summed E-state index contributed by atoms with van der Waals surface area (Å²) in [6.45, 7) is 5.82. The minimum atomic E-state index is -0.573. The molecule has 3 aromatic rings. The summed E-state index contributed by atoms with van der Waals surface area (Å²) < 4.78 is 9.45. The second-order valence-corrected chi connectivity index (χ2v) is 8.27. The van der Waals surface area contributed by atoms with Crippen molar-refractivity contribution in [3.05, 3.63) is 90.4 Å². The number of carbonyl (C=O) groups excluding carboxylic acids is 1. The molecule has 0 spiro atoms. The Morgan fingerprint density at radius 1 is 1.23 bits per heavy atom. The van der Waals surface area contributed by atoms with Gasteiger partial charge in [0.15, 0.2) is 4.80 Å². The van der Waals surface area contributed by atoms with Crippen LogP contribution in [0, 0.1) is 6.92 Å². The number of aromatic nitrogens is 2. The number of allylic oxidation sites excluding steroid dienone is 1. The number of fused-ring (bicyclic) bond motifs is 1. The van der Waals surface area contributed by atoms with Gasteiger partial charge in [-0.15, -0.1) is 0 Å². The highest BCUT2D eigenvalue weighted by Gasteiger charge is 2.33. The molecule has 3 heterocycles. The Morgan fingerprint density at radius 3 is 2.60 bits per heavy atom. The summed E-state index contributed by atoms with van der Waals surface area (Å²) in [6.07, 6.45) is 3.79. The van der Waals surface area contributed by atoms with Crippen LogP contribution >= 0.6 is 11.3 Å². The molecule has 0 aliphatic carbocycles. The van der Waals surface area contributed by atoms with Gasteiger partial charge in [0.05, 0.1) is 28.5 Å². The lowest BCUT2D eigenvalue weighted by Gasteiger charge is -2.24. The van der Waals surface area contributed by atoms with Crippen LogP contribution in [0.3, 0.4) is 0 Å². The second kappa shape index (κ2) is 7.91. The summed E-state index contributed by atoms with van der Waals surface area (Å²) in [5.41, 5.74) is 3.69. The molecule has 0 fully saturated rings. The monoisotopic (exact) mass is 421 g/mol. The van der Waals surface area contributed by atoms with E-state index in [0.29, 0.717) is 20.6 Å². The summed E-state index contributed by atoms with van der Waals surface area (Å²) in [5.74, 6) is -0.443. The molecule has 0 amide bonds. The lowest BCUT2D eigenvalue weighted by molar-refractivity contribution is -0.139. The van der Waals surface area contributed by atoms with Crippen LogP contribution in [0.5, 0.6) is 0 Å². The molecule has 30 heavy (non-hydrogen) atoms. The van der Waals surface area contributed by atoms with Gasteiger partial charge in [-0.3, -0.25) is 9.36 Å². The van der Waals surface area contributed by atoms with Crippen LogP contribution in [0.25, 0.3) is 6.08 Å². The molecule has 2 aromatic heterocycles. The Morgan fingerprint density at radius 2 is 1.97 bits per heavy atom. The van der Waals surface area contributed by atoms with Gasteiger partial charge in [-0.2, -0.15) is 0 Å². The van der Waals surface area contributed by atoms with Gasteiger partial charge in [0.1, 0.15) is 0 Å². The van der Waals surface area contributed by atoms with E-state index in [-0.39, 0.29) is 12.2 Å². The summed E-state index contributed by atoms with van der Waals surface area (Å²) >= 11 is 1.33. The number of aryl methyl sites for hydroxylation is 2. The van der Waals surface area contributed by atoms with E-state index >= 15 is 0 Å². The average Bonchev–Trinajstić information content (AvgIpc) is 3.25. The maximum atomic E-state index is 13.4. The molecule has 1 aromatic carbocycles. The third-order valence-electron chi connectivity index (χ3n) is 5.17. The lowest BCUT2D eigenvalue weighted by atomic mass is 9.95. The predicted molar refractivity (Wildman–Crippen MR) is 117 cm³/mol. The van der Waals surface area contributed by atoms with Gasteiger partial charge in [0, 0.05) is 18.9 Å². The van der Waals surface area contributed by atoms with Crippen molar-refractivity contribution in [1.29, 1.82) is 0 Å². The topological polar surface area (TPSA) is 65.6 Å². The fraction of sp³-hybridized carbons (Fsp3) is 0.261. The lowest BCUT2D eigenvalue weighted by Crippen LogP contribution is -2.40. The molecule has 1 aliphatic rings. The number of thiazole rings is 1. The average molecular weight is 422 g/mol. The largest absolute Gasteiger partial charge is 0.463 e. The first-order valence-electron chi connectivity index (χ1n) is 9.78. The molecule has 4 rings (SSSR count). The number of ether oxygens (including phenoxy) is 1. The van der Waals surface area contributed by atoms with E-state index in [4.69, 9.17) is 4.74 Å². The van der Waals surface area contributed by atoms with Crippen LogP contribution in [0.2, 0.25) is 0 Å². The number of hydrogen-bond donors (Lipinski definition) is 0. The summed E-state index contributed by atoms with van der Waals surface area (Å²) in [5, 5.41) is 0.